The van der Waals surface area contributed by atoms with Crippen LogP contribution in [-0.4, -0.2) is 6.54 Å². The number of nitrogens with one attached hydrogen (secondary N) is 1. The van der Waals surface area contributed by atoms with Crippen molar-refractivity contribution >= 4 is 23.2 Å². The summed E-state index contributed by atoms with van der Waals surface area (Å²) in [4.78, 5) is 0. The third-order valence-corrected chi connectivity index (χ3v) is 3.49. The maximum Gasteiger partial charge on any atom is 0.160 e. The molecule has 0 heterocycles. The molecule has 0 unspecified atom stereocenters. The summed E-state index contributed by atoms with van der Waals surface area (Å²) >= 11 is 12.0. The number of halogens is 4. The van der Waals surface area contributed by atoms with Crippen LogP contribution in [-0.2, 0) is 6.54 Å². The van der Waals surface area contributed by atoms with Crippen LogP contribution in [0.5, 0.6) is 0 Å². The molecule has 106 valence electrons. The van der Waals surface area contributed by atoms with Gasteiger partial charge in [-0.3, -0.25) is 0 Å². The van der Waals surface area contributed by atoms with Crippen molar-refractivity contribution in [3.8, 4) is 11.1 Å². The molecule has 0 aliphatic rings. The van der Waals surface area contributed by atoms with E-state index in [1.165, 1.54) is 0 Å². The van der Waals surface area contributed by atoms with E-state index in [2.05, 4.69) is 5.32 Å². The zero-order chi connectivity index (χ0) is 14.7. The average Bonchev–Trinajstić information content (AvgIpc) is 2.41. The van der Waals surface area contributed by atoms with Crippen molar-refractivity contribution in [3.63, 3.8) is 0 Å². The van der Waals surface area contributed by atoms with E-state index in [0.29, 0.717) is 22.7 Å². The Kier molecular flexibility index (Phi) is 4.97. The van der Waals surface area contributed by atoms with Gasteiger partial charge < -0.3 is 5.32 Å². The summed E-state index contributed by atoms with van der Waals surface area (Å²) in [6.45, 7) is 3.38. The Hall–Kier alpha value is -1.16. The van der Waals surface area contributed by atoms with E-state index in [1.807, 2.05) is 13.0 Å². The third-order valence-electron chi connectivity index (χ3n) is 2.94. The summed E-state index contributed by atoms with van der Waals surface area (Å²) in [6.07, 6.45) is 0. The van der Waals surface area contributed by atoms with Crippen LogP contribution >= 0.6 is 23.2 Å². The molecule has 20 heavy (non-hydrogen) atoms. The second-order valence-electron chi connectivity index (χ2n) is 4.33. The SMILES string of the molecule is CCNCc1ccc(Cl)cc1-c1cc(F)c(F)cc1Cl. The van der Waals surface area contributed by atoms with Gasteiger partial charge in [0.25, 0.3) is 0 Å². The van der Waals surface area contributed by atoms with Crippen LogP contribution in [0.2, 0.25) is 10.0 Å². The molecule has 0 aliphatic heterocycles. The highest BCUT2D eigenvalue weighted by atomic mass is 35.5. The monoisotopic (exact) mass is 315 g/mol. The fraction of sp³-hybridized carbons (Fsp3) is 0.200. The molecule has 0 atom stereocenters. The van der Waals surface area contributed by atoms with Crippen molar-refractivity contribution in [2.24, 2.45) is 0 Å². The highest BCUT2D eigenvalue weighted by Gasteiger charge is 2.13. The lowest BCUT2D eigenvalue weighted by molar-refractivity contribution is 0.509. The number of hydrogen-bond donors (Lipinski definition) is 1. The standard InChI is InChI=1S/C15H13Cl2F2N/c1-2-20-8-9-3-4-10(16)5-11(9)12-6-14(18)15(19)7-13(12)17/h3-7,20H,2,8H2,1H3. The highest BCUT2D eigenvalue weighted by Crippen LogP contribution is 2.34. The van der Waals surface area contributed by atoms with Gasteiger partial charge in [0.1, 0.15) is 0 Å². The first-order chi connectivity index (χ1) is 9.52. The zero-order valence-electron chi connectivity index (χ0n) is 10.8. The van der Waals surface area contributed by atoms with Gasteiger partial charge in [0.2, 0.25) is 0 Å². The fourth-order valence-corrected chi connectivity index (χ4v) is 2.37. The highest BCUT2D eigenvalue weighted by molar-refractivity contribution is 6.34. The van der Waals surface area contributed by atoms with Crippen molar-refractivity contribution in [3.05, 3.63) is 57.6 Å². The van der Waals surface area contributed by atoms with E-state index < -0.39 is 11.6 Å². The van der Waals surface area contributed by atoms with Crippen molar-refractivity contribution in [1.29, 1.82) is 0 Å². The minimum absolute atomic E-state index is 0.156. The second kappa shape index (κ2) is 6.53. The first-order valence-electron chi connectivity index (χ1n) is 6.17. The molecule has 2 rings (SSSR count). The molecule has 5 heteroatoms. The van der Waals surface area contributed by atoms with Crippen LogP contribution in [0.25, 0.3) is 11.1 Å². The van der Waals surface area contributed by atoms with Crippen LogP contribution in [0.1, 0.15) is 12.5 Å². The summed E-state index contributed by atoms with van der Waals surface area (Å²) in [5, 5.41) is 3.86. The molecule has 0 aromatic heterocycles. The summed E-state index contributed by atoms with van der Waals surface area (Å²) in [5.74, 6) is -1.90. The van der Waals surface area contributed by atoms with Crippen LogP contribution in [0.4, 0.5) is 8.78 Å². The molecule has 0 bridgehead atoms. The first kappa shape index (κ1) is 15.2. The van der Waals surface area contributed by atoms with Gasteiger partial charge in [0, 0.05) is 17.1 Å². The van der Waals surface area contributed by atoms with Gasteiger partial charge >= 0.3 is 0 Å². The van der Waals surface area contributed by atoms with E-state index in [0.717, 1.165) is 24.2 Å². The van der Waals surface area contributed by atoms with Crippen molar-refractivity contribution in [1.82, 2.24) is 5.32 Å². The van der Waals surface area contributed by atoms with Gasteiger partial charge in [-0.05, 0) is 41.9 Å². The molecular formula is C15H13Cl2F2N. The molecule has 0 aliphatic carbocycles. The van der Waals surface area contributed by atoms with Crippen LogP contribution < -0.4 is 5.32 Å². The molecule has 0 spiro atoms. The molecular weight excluding hydrogens is 303 g/mol. The average molecular weight is 316 g/mol. The topological polar surface area (TPSA) is 12.0 Å². The lowest BCUT2D eigenvalue weighted by Crippen LogP contribution is -2.12. The van der Waals surface area contributed by atoms with Gasteiger partial charge in [0.15, 0.2) is 11.6 Å². The number of hydrogen-bond acceptors (Lipinski definition) is 1. The van der Waals surface area contributed by atoms with E-state index >= 15 is 0 Å². The Bertz CT molecular complexity index is 630. The van der Waals surface area contributed by atoms with Gasteiger partial charge in [0.05, 0.1) is 5.02 Å². The maximum atomic E-state index is 13.4. The normalized spacial score (nSPS) is 10.8. The Balaban J connectivity index is 2.55. The first-order valence-corrected chi connectivity index (χ1v) is 6.92. The third kappa shape index (κ3) is 3.29. The van der Waals surface area contributed by atoms with E-state index in [1.54, 1.807) is 12.1 Å². The quantitative estimate of drug-likeness (QED) is 0.779. The summed E-state index contributed by atoms with van der Waals surface area (Å²) in [6, 6.07) is 7.37. The molecule has 0 radical (unpaired) electrons. The molecule has 2 aromatic carbocycles. The Morgan fingerprint density at radius 1 is 1.00 bits per heavy atom. The predicted molar refractivity (Wildman–Crippen MR) is 79.2 cm³/mol. The van der Waals surface area contributed by atoms with Gasteiger partial charge in [-0.2, -0.15) is 0 Å². The lowest BCUT2D eigenvalue weighted by Gasteiger charge is -2.13. The smallest absolute Gasteiger partial charge is 0.160 e. The molecule has 2 aromatic rings. The van der Waals surface area contributed by atoms with Gasteiger partial charge in [-0.1, -0.05) is 36.2 Å². The van der Waals surface area contributed by atoms with Gasteiger partial charge in [-0.25, -0.2) is 8.78 Å². The molecule has 1 nitrogen and oxygen atoms in total. The number of benzene rings is 2. The van der Waals surface area contributed by atoms with E-state index in [9.17, 15) is 8.78 Å². The maximum absolute atomic E-state index is 13.4. The molecule has 0 amide bonds. The second-order valence-corrected chi connectivity index (χ2v) is 5.17. The Morgan fingerprint density at radius 3 is 2.40 bits per heavy atom. The molecule has 0 saturated carbocycles. The summed E-state index contributed by atoms with van der Waals surface area (Å²) in [7, 11) is 0. The molecule has 0 fully saturated rings. The minimum atomic E-state index is -0.964. The van der Waals surface area contributed by atoms with Crippen LogP contribution in [0, 0.1) is 11.6 Å². The van der Waals surface area contributed by atoms with E-state index in [4.69, 9.17) is 23.2 Å². The minimum Gasteiger partial charge on any atom is -0.313 e. The molecule has 1 N–H and O–H groups in total. The zero-order valence-corrected chi connectivity index (χ0v) is 12.3. The van der Waals surface area contributed by atoms with Gasteiger partial charge in [-0.15, -0.1) is 0 Å². The van der Waals surface area contributed by atoms with E-state index in [-0.39, 0.29) is 5.02 Å². The van der Waals surface area contributed by atoms with Crippen molar-refractivity contribution in [2.45, 2.75) is 13.5 Å². The number of rotatable bonds is 4. The Morgan fingerprint density at radius 2 is 1.70 bits per heavy atom. The molecule has 0 saturated heterocycles. The summed E-state index contributed by atoms with van der Waals surface area (Å²) in [5.41, 5.74) is 2.05. The van der Waals surface area contributed by atoms with Crippen LogP contribution in [0.15, 0.2) is 30.3 Å². The summed E-state index contributed by atoms with van der Waals surface area (Å²) < 4.78 is 26.6. The van der Waals surface area contributed by atoms with Crippen molar-refractivity contribution < 1.29 is 8.78 Å². The van der Waals surface area contributed by atoms with Crippen LogP contribution in [0.3, 0.4) is 0 Å². The lowest BCUT2D eigenvalue weighted by atomic mass is 9.99. The fourth-order valence-electron chi connectivity index (χ4n) is 1.94. The largest absolute Gasteiger partial charge is 0.313 e. The Labute approximate surface area is 126 Å². The predicted octanol–water partition coefficient (Wildman–Crippen LogP) is 5.05. The van der Waals surface area contributed by atoms with Crippen molar-refractivity contribution in [2.75, 3.05) is 6.54 Å².